The van der Waals surface area contributed by atoms with Gasteiger partial charge in [-0.15, -0.1) is 0 Å². The average Bonchev–Trinajstić information content (AvgIpc) is 3.12. The summed E-state index contributed by atoms with van der Waals surface area (Å²) in [4.78, 5) is 46.9. The van der Waals surface area contributed by atoms with Crippen LogP contribution in [0.25, 0.3) is 0 Å². The molecule has 188 valence electrons. The Hall–Kier alpha value is -2.48. The maximum atomic E-state index is 13.3. The number of carbonyl (C=O) groups is 3. The standard InChI is InChI=1S/C26H41N5O3/c1-16(2)30(7)18-11-12-22(21(15-18)27-17(3)32)31-14-13-20(25(31)34)29-24(33)19-9-8-10-23(28-19)26(4,5)6/h8-10,16,18,20-22H,11-15H2,1-7H3,(H,27,32)(H,29,33)/t18-,20+,21+,22+/m1/s1. The molecule has 1 aliphatic carbocycles. The molecule has 2 aliphatic rings. The number of aromatic nitrogens is 1. The highest BCUT2D eigenvalue weighted by Crippen LogP contribution is 2.30. The first-order chi connectivity index (χ1) is 15.9. The number of amides is 3. The first-order valence-corrected chi connectivity index (χ1v) is 12.5. The van der Waals surface area contributed by atoms with Crippen molar-refractivity contribution in [2.24, 2.45) is 0 Å². The van der Waals surface area contributed by atoms with Crippen molar-refractivity contribution in [3.05, 3.63) is 29.6 Å². The summed E-state index contributed by atoms with van der Waals surface area (Å²) in [5, 5.41) is 6.00. The smallest absolute Gasteiger partial charge is 0.270 e. The van der Waals surface area contributed by atoms with E-state index in [1.165, 1.54) is 6.92 Å². The number of hydrogen-bond donors (Lipinski definition) is 2. The minimum atomic E-state index is -0.568. The van der Waals surface area contributed by atoms with Crippen molar-refractivity contribution in [3.63, 3.8) is 0 Å². The summed E-state index contributed by atoms with van der Waals surface area (Å²) in [7, 11) is 2.12. The summed E-state index contributed by atoms with van der Waals surface area (Å²) >= 11 is 0. The molecule has 1 aliphatic heterocycles. The summed E-state index contributed by atoms with van der Waals surface area (Å²) in [6.45, 7) is 12.6. The largest absolute Gasteiger partial charge is 0.351 e. The normalized spacial score (nSPS) is 25.7. The van der Waals surface area contributed by atoms with E-state index in [4.69, 9.17) is 0 Å². The second-order valence-electron chi connectivity index (χ2n) is 11.1. The Bertz CT molecular complexity index is 910. The van der Waals surface area contributed by atoms with E-state index in [1.807, 2.05) is 17.0 Å². The van der Waals surface area contributed by atoms with Gasteiger partial charge in [-0.1, -0.05) is 26.8 Å². The van der Waals surface area contributed by atoms with Gasteiger partial charge in [0.15, 0.2) is 0 Å². The molecule has 0 bridgehead atoms. The molecule has 3 amide bonds. The quantitative estimate of drug-likeness (QED) is 0.665. The molecule has 1 saturated heterocycles. The van der Waals surface area contributed by atoms with Crippen molar-refractivity contribution in [2.75, 3.05) is 13.6 Å². The predicted molar refractivity (Wildman–Crippen MR) is 132 cm³/mol. The van der Waals surface area contributed by atoms with Crippen molar-refractivity contribution in [1.29, 1.82) is 0 Å². The SMILES string of the molecule is CC(=O)N[C@H]1C[C@H](N(C)C(C)C)CC[C@@H]1N1CC[C@H](NC(=O)c2cccc(C(C)(C)C)n2)C1=O. The second-order valence-corrected chi connectivity index (χ2v) is 11.1. The third kappa shape index (κ3) is 5.95. The highest BCUT2D eigenvalue weighted by atomic mass is 16.2. The lowest BCUT2D eigenvalue weighted by Crippen LogP contribution is -2.58. The van der Waals surface area contributed by atoms with Crippen molar-refractivity contribution in [3.8, 4) is 0 Å². The molecule has 2 fully saturated rings. The van der Waals surface area contributed by atoms with Crippen LogP contribution in [0.5, 0.6) is 0 Å². The minimum absolute atomic E-state index is 0.0579. The number of hydrogen-bond acceptors (Lipinski definition) is 5. The molecule has 3 rings (SSSR count). The number of carbonyl (C=O) groups excluding carboxylic acids is 3. The van der Waals surface area contributed by atoms with E-state index in [-0.39, 0.29) is 35.2 Å². The van der Waals surface area contributed by atoms with Crippen LogP contribution in [-0.2, 0) is 15.0 Å². The van der Waals surface area contributed by atoms with Gasteiger partial charge in [-0.3, -0.25) is 14.4 Å². The highest BCUT2D eigenvalue weighted by molar-refractivity contribution is 5.96. The van der Waals surface area contributed by atoms with Crippen LogP contribution in [0, 0.1) is 0 Å². The van der Waals surface area contributed by atoms with Gasteiger partial charge in [0, 0.05) is 36.7 Å². The molecule has 1 aromatic rings. The summed E-state index contributed by atoms with van der Waals surface area (Å²) in [5.41, 5.74) is 0.991. The van der Waals surface area contributed by atoms with Gasteiger partial charge in [-0.2, -0.15) is 0 Å². The molecule has 8 heteroatoms. The monoisotopic (exact) mass is 471 g/mol. The van der Waals surface area contributed by atoms with Gasteiger partial charge in [0.25, 0.3) is 5.91 Å². The molecule has 0 radical (unpaired) electrons. The highest BCUT2D eigenvalue weighted by Gasteiger charge is 2.43. The fourth-order valence-electron chi connectivity index (χ4n) is 5.09. The van der Waals surface area contributed by atoms with Gasteiger partial charge in [0.1, 0.15) is 11.7 Å². The number of nitrogens with zero attached hydrogens (tertiary/aromatic N) is 3. The van der Waals surface area contributed by atoms with Crippen LogP contribution in [0.3, 0.4) is 0 Å². The van der Waals surface area contributed by atoms with Crippen LogP contribution in [0.15, 0.2) is 18.2 Å². The van der Waals surface area contributed by atoms with Gasteiger partial charge < -0.3 is 20.4 Å². The maximum Gasteiger partial charge on any atom is 0.270 e. The van der Waals surface area contributed by atoms with Gasteiger partial charge in [0.2, 0.25) is 11.8 Å². The molecule has 0 unspecified atom stereocenters. The summed E-state index contributed by atoms with van der Waals surface area (Å²) in [5.74, 6) is -0.479. The van der Waals surface area contributed by atoms with Crippen LogP contribution < -0.4 is 10.6 Å². The number of pyridine rings is 1. The molecule has 1 saturated carbocycles. The van der Waals surface area contributed by atoms with Gasteiger partial charge in [-0.25, -0.2) is 4.98 Å². The average molecular weight is 472 g/mol. The van der Waals surface area contributed by atoms with Crippen LogP contribution in [0.4, 0.5) is 0 Å². The van der Waals surface area contributed by atoms with E-state index in [1.54, 1.807) is 6.07 Å². The molecule has 4 atom stereocenters. The van der Waals surface area contributed by atoms with Gasteiger partial charge >= 0.3 is 0 Å². The van der Waals surface area contributed by atoms with E-state index < -0.39 is 6.04 Å². The van der Waals surface area contributed by atoms with Crippen molar-refractivity contribution < 1.29 is 14.4 Å². The number of rotatable bonds is 6. The Balaban J connectivity index is 1.69. The first-order valence-electron chi connectivity index (χ1n) is 12.5. The van der Waals surface area contributed by atoms with Crippen LogP contribution in [-0.4, -0.2) is 76.3 Å². The molecule has 2 heterocycles. The Morgan fingerprint density at radius 3 is 2.47 bits per heavy atom. The third-order valence-electron chi connectivity index (χ3n) is 7.26. The van der Waals surface area contributed by atoms with Crippen LogP contribution >= 0.6 is 0 Å². The fourth-order valence-corrected chi connectivity index (χ4v) is 5.09. The van der Waals surface area contributed by atoms with Gasteiger partial charge in [0.05, 0.1) is 12.1 Å². The molecule has 2 N–H and O–H groups in total. The Labute approximate surface area is 203 Å². The summed E-state index contributed by atoms with van der Waals surface area (Å²) < 4.78 is 0. The Morgan fingerprint density at radius 2 is 1.85 bits per heavy atom. The van der Waals surface area contributed by atoms with Crippen molar-refractivity contribution in [2.45, 2.75) is 103 Å². The summed E-state index contributed by atoms with van der Waals surface area (Å²) in [6, 6.07) is 5.48. The molecular formula is C26H41N5O3. The molecule has 8 nitrogen and oxygen atoms in total. The van der Waals surface area contributed by atoms with E-state index in [0.29, 0.717) is 30.7 Å². The number of likely N-dealkylation sites (tertiary alicyclic amines) is 1. The molecular weight excluding hydrogens is 430 g/mol. The lowest BCUT2D eigenvalue weighted by atomic mass is 9.84. The lowest BCUT2D eigenvalue weighted by molar-refractivity contribution is -0.133. The molecule has 34 heavy (non-hydrogen) atoms. The Morgan fingerprint density at radius 1 is 1.15 bits per heavy atom. The van der Waals surface area contributed by atoms with E-state index in [2.05, 4.69) is 62.2 Å². The van der Waals surface area contributed by atoms with Crippen molar-refractivity contribution >= 4 is 17.7 Å². The van der Waals surface area contributed by atoms with Crippen LogP contribution in [0.2, 0.25) is 0 Å². The Kier molecular flexibility index (Phi) is 8.01. The molecule has 1 aromatic heterocycles. The maximum absolute atomic E-state index is 13.3. The third-order valence-corrected chi connectivity index (χ3v) is 7.26. The minimum Gasteiger partial charge on any atom is -0.351 e. The first kappa shape index (κ1) is 26.1. The fraction of sp³-hybridized carbons (Fsp3) is 0.692. The molecule has 0 aromatic carbocycles. The van der Waals surface area contributed by atoms with Crippen molar-refractivity contribution in [1.82, 2.24) is 25.4 Å². The lowest BCUT2D eigenvalue weighted by Gasteiger charge is -2.44. The second kappa shape index (κ2) is 10.4. The van der Waals surface area contributed by atoms with E-state index >= 15 is 0 Å². The zero-order valence-electron chi connectivity index (χ0n) is 21.7. The summed E-state index contributed by atoms with van der Waals surface area (Å²) in [6.07, 6.45) is 3.17. The van der Waals surface area contributed by atoms with Crippen LogP contribution in [0.1, 0.15) is 83.4 Å². The number of nitrogens with one attached hydrogen (secondary N) is 2. The van der Waals surface area contributed by atoms with E-state index in [9.17, 15) is 14.4 Å². The molecule has 0 spiro atoms. The van der Waals surface area contributed by atoms with Gasteiger partial charge in [-0.05, 0) is 58.7 Å². The van der Waals surface area contributed by atoms with E-state index in [0.717, 1.165) is 25.0 Å². The topological polar surface area (TPSA) is 94.6 Å². The zero-order chi connectivity index (χ0) is 25.2. The predicted octanol–water partition coefficient (Wildman–Crippen LogP) is 2.48. The zero-order valence-corrected chi connectivity index (χ0v) is 21.7.